The van der Waals surface area contributed by atoms with E-state index < -0.39 is 0 Å². The van der Waals surface area contributed by atoms with E-state index in [1.165, 1.54) is 16.7 Å². The predicted molar refractivity (Wildman–Crippen MR) is 106 cm³/mol. The Bertz CT molecular complexity index is 792. The second kappa shape index (κ2) is 10.5. The van der Waals surface area contributed by atoms with E-state index in [-0.39, 0.29) is 24.1 Å². The average molecular weight is 385 g/mol. The van der Waals surface area contributed by atoms with Crippen LogP contribution < -0.4 is 0 Å². The first-order valence-electron chi connectivity index (χ1n) is 8.73. The van der Waals surface area contributed by atoms with Gasteiger partial charge in [0.2, 0.25) is 0 Å². The number of amides is 1. The molecule has 0 spiro atoms. The van der Waals surface area contributed by atoms with Crippen LogP contribution in [0, 0.1) is 0 Å². The lowest BCUT2D eigenvalue weighted by Gasteiger charge is -2.17. The zero-order valence-electron chi connectivity index (χ0n) is 15.5. The standard InChI is InChI=1S/C21H23NO4S/c1-3-26-20(24)12-13-22(2)21(25)17-10-7-11-18(14-17)27-15-19(23)16-8-5-4-6-9-16/h4-11,14H,3,12-13,15H2,1-2H3. The number of benzene rings is 2. The highest BCUT2D eigenvalue weighted by Crippen LogP contribution is 2.21. The molecule has 0 atom stereocenters. The van der Waals surface area contributed by atoms with Gasteiger partial charge in [-0.15, -0.1) is 11.8 Å². The molecule has 2 rings (SSSR count). The molecule has 142 valence electrons. The quantitative estimate of drug-likeness (QED) is 0.374. The van der Waals surface area contributed by atoms with Crippen LogP contribution in [-0.4, -0.2) is 48.5 Å². The molecule has 1 amide bonds. The van der Waals surface area contributed by atoms with Crippen molar-refractivity contribution < 1.29 is 19.1 Å². The molecule has 6 heteroatoms. The first-order valence-corrected chi connectivity index (χ1v) is 9.72. The molecule has 0 aliphatic carbocycles. The Morgan fingerprint density at radius 2 is 1.70 bits per heavy atom. The Morgan fingerprint density at radius 3 is 2.41 bits per heavy atom. The van der Waals surface area contributed by atoms with Crippen molar-refractivity contribution in [2.45, 2.75) is 18.2 Å². The molecule has 2 aromatic rings. The minimum Gasteiger partial charge on any atom is -0.466 e. The third kappa shape index (κ3) is 6.57. The zero-order valence-corrected chi connectivity index (χ0v) is 16.3. The van der Waals surface area contributed by atoms with E-state index in [2.05, 4.69) is 0 Å². The summed E-state index contributed by atoms with van der Waals surface area (Å²) < 4.78 is 4.88. The molecule has 0 N–H and O–H groups in total. The molecule has 0 aliphatic heterocycles. The summed E-state index contributed by atoms with van der Waals surface area (Å²) in [7, 11) is 1.65. The van der Waals surface area contributed by atoms with Crippen LogP contribution in [0.15, 0.2) is 59.5 Å². The SMILES string of the molecule is CCOC(=O)CCN(C)C(=O)c1cccc(SCC(=O)c2ccccc2)c1. The van der Waals surface area contributed by atoms with Crippen LogP contribution in [0.1, 0.15) is 34.1 Å². The number of carbonyl (C=O) groups is 3. The highest BCUT2D eigenvalue weighted by molar-refractivity contribution is 8.00. The Balaban J connectivity index is 1.92. The van der Waals surface area contributed by atoms with E-state index in [9.17, 15) is 14.4 Å². The molecule has 0 unspecified atom stereocenters. The number of carbonyl (C=O) groups excluding carboxylic acids is 3. The Labute approximate surface area is 163 Å². The number of ether oxygens (including phenoxy) is 1. The lowest BCUT2D eigenvalue weighted by molar-refractivity contribution is -0.143. The van der Waals surface area contributed by atoms with Crippen LogP contribution >= 0.6 is 11.8 Å². The number of hydrogen-bond acceptors (Lipinski definition) is 5. The number of ketones is 1. The fraction of sp³-hybridized carbons (Fsp3) is 0.286. The van der Waals surface area contributed by atoms with Crippen molar-refractivity contribution in [3.8, 4) is 0 Å². The Kier molecular flexibility index (Phi) is 8.07. The van der Waals surface area contributed by atoms with Gasteiger partial charge in [0.1, 0.15) is 0 Å². The van der Waals surface area contributed by atoms with Crippen molar-refractivity contribution >= 4 is 29.4 Å². The van der Waals surface area contributed by atoms with Gasteiger partial charge in [-0.3, -0.25) is 14.4 Å². The fourth-order valence-corrected chi connectivity index (χ4v) is 3.24. The zero-order chi connectivity index (χ0) is 19.6. The first-order chi connectivity index (χ1) is 13.0. The maximum absolute atomic E-state index is 12.5. The molecule has 0 aliphatic rings. The van der Waals surface area contributed by atoms with E-state index >= 15 is 0 Å². The van der Waals surface area contributed by atoms with Crippen molar-refractivity contribution in [1.29, 1.82) is 0 Å². The van der Waals surface area contributed by atoms with Gasteiger partial charge in [-0.25, -0.2) is 0 Å². The smallest absolute Gasteiger partial charge is 0.307 e. The van der Waals surface area contributed by atoms with Crippen LogP contribution in [0.3, 0.4) is 0 Å². The number of rotatable bonds is 9. The van der Waals surface area contributed by atoms with Gasteiger partial charge in [-0.1, -0.05) is 36.4 Å². The van der Waals surface area contributed by atoms with Crippen LogP contribution in [0.4, 0.5) is 0 Å². The number of esters is 1. The molecular formula is C21H23NO4S. The van der Waals surface area contributed by atoms with E-state index in [1.54, 1.807) is 44.3 Å². The Morgan fingerprint density at radius 1 is 1.00 bits per heavy atom. The summed E-state index contributed by atoms with van der Waals surface area (Å²) >= 11 is 1.40. The molecule has 0 bridgehead atoms. The molecular weight excluding hydrogens is 362 g/mol. The van der Waals surface area contributed by atoms with Gasteiger partial charge in [0.05, 0.1) is 18.8 Å². The third-order valence-corrected chi connectivity index (χ3v) is 4.84. The summed E-state index contributed by atoms with van der Waals surface area (Å²) in [6.07, 6.45) is 0.163. The van der Waals surface area contributed by atoms with Crippen LogP contribution in [0.5, 0.6) is 0 Å². The fourth-order valence-electron chi connectivity index (χ4n) is 2.39. The molecule has 27 heavy (non-hydrogen) atoms. The highest BCUT2D eigenvalue weighted by Gasteiger charge is 2.14. The largest absolute Gasteiger partial charge is 0.466 e. The van der Waals surface area contributed by atoms with Crippen molar-refractivity contribution in [2.24, 2.45) is 0 Å². The number of Topliss-reactive ketones (excluding diaryl/α,β-unsaturated/α-hetero) is 1. The maximum Gasteiger partial charge on any atom is 0.307 e. The monoisotopic (exact) mass is 385 g/mol. The lowest BCUT2D eigenvalue weighted by atomic mass is 10.2. The van der Waals surface area contributed by atoms with Crippen molar-refractivity contribution in [1.82, 2.24) is 4.90 Å². The first kappa shape index (κ1) is 20.7. The molecule has 0 fully saturated rings. The molecule has 0 aromatic heterocycles. The summed E-state index contributed by atoms with van der Waals surface area (Å²) in [5.74, 6) is -0.138. The van der Waals surface area contributed by atoms with Crippen LogP contribution in [-0.2, 0) is 9.53 Å². The molecule has 0 saturated heterocycles. The highest BCUT2D eigenvalue weighted by atomic mass is 32.2. The summed E-state index contributed by atoms with van der Waals surface area (Å²) in [5.41, 5.74) is 1.20. The second-order valence-electron chi connectivity index (χ2n) is 5.89. The van der Waals surface area contributed by atoms with E-state index in [0.29, 0.717) is 30.0 Å². The summed E-state index contributed by atoms with van der Waals surface area (Å²) in [5, 5.41) is 0. The second-order valence-corrected chi connectivity index (χ2v) is 6.94. The van der Waals surface area contributed by atoms with Gasteiger partial charge in [-0.05, 0) is 25.1 Å². The average Bonchev–Trinajstić information content (AvgIpc) is 2.70. The van der Waals surface area contributed by atoms with Crippen molar-refractivity contribution in [3.05, 3.63) is 65.7 Å². The van der Waals surface area contributed by atoms with Gasteiger partial charge >= 0.3 is 5.97 Å². The topological polar surface area (TPSA) is 63.7 Å². The minimum absolute atomic E-state index is 0.0453. The van der Waals surface area contributed by atoms with Crippen molar-refractivity contribution in [2.75, 3.05) is 26.0 Å². The molecule has 5 nitrogen and oxygen atoms in total. The molecule has 0 saturated carbocycles. The summed E-state index contributed by atoms with van der Waals surface area (Å²) in [6.45, 7) is 2.37. The minimum atomic E-state index is -0.319. The molecule has 0 radical (unpaired) electrons. The molecule has 0 heterocycles. The number of thioether (sulfide) groups is 1. The van der Waals surface area contributed by atoms with Crippen LogP contribution in [0.2, 0.25) is 0 Å². The normalized spacial score (nSPS) is 10.3. The van der Waals surface area contributed by atoms with Gasteiger partial charge < -0.3 is 9.64 Å². The van der Waals surface area contributed by atoms with E-state index in [1.807, 2.05) is 24.3 Å². The number of hydrogen-bond donors (Lipinski definition) is 0. The van der Waals surface area contributed by atoms with E-state index in [0.717, 1.165) is 4.90 Å². The third-order valence-electron chi connectivity index (χ3n) is 3.85. The van der Waals surface area contributed by atoms with E-state index in [4.69, 9.17) is 4.74 Å². The maximum atomic E-state index is 12.5. The predicted octanol–water partition coefficient (Wildman–Crippen LogP) is 3.69. The van der Waals surface area contributed by atoms with Gasteiger partial charge in [0, 0.05) is 29.6 Å². The molecule has 2 aromatic carbocycles. The van der Waals surface area contributed by atoms with Crippen LogP contribution in [0.25, 0.3) is 0 Å². The summed E-state index contributed by atoms with van der Waals surface area (Å²) in [6, 6.07) is 16.3. The van der Waals surface area contributed by atoms with Gasteiger partial charge in [0.15, 0.2) is 5.78 Å². The lowest BCUT2D eigenvalue weighted by Crippen LogP contribution is -2.29. The van der Waals surface area contributed by atoms with Crippen molar-refractivity contribution in [3.63, 3.8) is 0 Å². The number of nitrogens with zero attached hydrogens (tertiary/aromatic N) is 1. The summed E-state index contributed by atoms with van der Waals surface area (Å²) in [4.78, 5) is 38.5. The van der Waals surface area contributed by atoms with Gasteiger partial charge in [0.25, 0.3) is 5.91 Å². The van der Waals surface area contributed by atoms with Gasteiger partial charge in [-0.2, -0.15) is 0 Å². The Hall–Kier alpha value is -2.60.